The number of aromatic hydroxyl groups is 1. The van der Waals surface area contributed by atoms with E-state index in [1.165, 1.54) is 6.07 Å². The molecule has 22 heavy (non-hydrogen) atoms. The topological polar surface area (TPSA) is 66.8 Å². The number of rotatable bonds is 7. The molecular formula is C18H20O4. The molecule has 0 spiro atoms. The molecule has 0 saturated carbocycles. The summed E-state index contributed by atoms with van der Waals surface area (Å²) in [7, 11) is 0. The van der Waals surface area contributed by atoms with E-state index in [1.807, 2.05) is 18.2 Å². The van der Waals surface area contributed by atoms with Gasteiger partial charge in [0.25, 0.3) is 0 Å². The summed E-state index contributed by atoms with van der Waals surface area (Å²) in [5.41, 5.74) is 0.573. The normalized spacial score (nSPS) is 10.4. The van der Waals surface area contributed by atoms with Gasteiger partial charge in [-0.1, -0.05) is 38.0 Å². The van der Waals surface area contributed by atoms with Crippen molar-refractivity contribution in [3.05, 3.63) is 53.6 Å². The second-order valence-corrected chi connectivity index (χ2v) is 5.15. The Balaban J connectivity index is 2.30. The zero-order valence-electron chi connectivity index (χ0n) is 12.6. The van der Waals surface area contributed by atoms with Crippen molar-refractivity contribution >= 4 is 5.97 Å². The lowest BCUT2D eigenvalue weighted by Gasteiger charge is -2.12. The highest BCUT2D eigenvalue weighted by atomic mass is 16.5. The third-order valence-corrected chi connectivity index (χ3v) is 3.42. The van der Waals surface area contributed by atoms with Gasteiger partial charge in [0.2, 0.25) is 0 Å². The number of carbonyl (C=O) groups is 1. The minimum Gasteiger partial charge on any atom is -0.507 e. The van der Waals surface area contributed by atoms with Gasteiger partial charge in [0.05, 0.1) is 0 Å². The van der Waals surface area contributed by atoms with Crippen LogP contribution in [0.25, 0.3) is 0 Å². The first-order valence-corrected chi connectivity index (χ1v) is 7.44. The molecule has 0 atom stereocenters. The van der Waals surface area contributed by atoms with Crippen LogP contribution in [0.5, 0.6) is 17.2 Å². The maximum atomic E-state index is 11.3. The Labute approximate surface area is 130 Å². The summed E-state index contributed by atoms with van der Waals surface area (Å²) in [5.74, 6) is -0.285. The van der Waals surface area contributed by atoms with Crippen molar-refractivity contribution in [3.63, 3.8) is 0 Å². The van der Waals surface area contributed by atoms with Crippen molar-refractivity contribution < 1.29 is 19.7 Å². The summed E-state index contributed by atoms with van der Waals surface area (Å²) in [5, 5.41) is 19.3. The molecule has 4 nitrogen and oxygen atoms in total. The summed E-state index contributed by atoms with van der Waals surface area (Å²) in [6.07, 6.45) is 3.55. The number of aryl methyl sites for hydroxylation is 1. The predicted molar refractivity (Wildman–Crippen MR) is 84.8 cm³/mol. The minimum atomic E-state index is -1.12. The number of para-hydroxylation sites is 1. The van der Waals surface area contributed by atoms with Crippen LogP contribution in [0.4, 0.5) is 0 Å². The predicted octanol–water partition coefficient (Wildman–Crippen LogP) is 4.62. The molecule has 0 bridgehead atoms. The zero-order chi connectivity index (χ0) is 15.9. The molecule has 0 radical (unpaired) electrons. The summed E-state index contributed by atoms with van der Waals surface area (Å²) in [6.45, 7) is 2.09. The van der Waals surface area contributed by atoms with E-state index in [1.54, 1.807) is 18.2 Å². The largest absolute Gasteiger partial charge is 0.507 e. The molecule has 0 heterocycles. The number of carboxylic acids is 1. The van der Waals surface area contributed by atoms with Gasteiger partial charge in [-0.05, 0) is 36.6 Å². The number of hydrogen-bond acceptors (Lipinski definition) is 3. The molecule has 116 valence electrons. The number of benzene rings is 2. The molecule has 0 aliphatic rings. The van der Waals surface area contributed by atoms with Crippen LogP contribution in [0.2, 0.25) is 0 Å². The minimum absolute atomic E-state index is 0.0310. The Morgan fingerprint density at radius 3 is 2.45 bits per heavy atom. The molecule has 0 saturated heterocycles. The molecule has 2 aromatic carbocycles. The van der Waals surface area contributed by atoms with E-state index >= 15 is 0 Å². The van der Waals surface area contributed by atoms with Crippen molar-refractivity contribution in [2.45, 2.75) is 32.6 Å². The summed E-state index contributed by atoms with van der Waals surface area (Å²) >= 11 is 0. The van der Waals surface area contributed by atoms with E-state index in [2.05, 4.69) is 6.92 Å². The highest BCUT2D eigenvalue weighted by molar-refractivity contribution is 5.93. The molecule has 0 fully saturated rings. The van der Waals surface area contributed by atoms with Crippen molar-refractivity contribution in [3.8, 4) is 17.2 Å². The third-order valence-electron chi connectivity index (χ3n) is 3.42. The van der Waals surface area contributed by atoms with Gasteiger partial charge in [-0.15, -0.1) is 0 Å². The first-order valence-electron chi connectivity index (χ1n) is 7.44. The SMILES string of the molecule is CCCCCc1cc(Oc2ccccc2)cc(O)c1C(=O)O. The Bertz CT molecular complexity index is 635. The molecule has 0 aliphatic carbocycles. The Morgan fingerprint density at radius 1 is 1.09 bits per heavy atom. The maximum absolute atomic E-state index is 11.3. The number of phenols is 1. The zero-order valence-corrected chi connectivity index (χ0v) is 12.6. The summed E-state index contributed by atoms with van der Waals surface area (Å²) < 4.78 is 5.69. The van der Waals surface area contributed by atoms with Crippen LogP contribution >= 0.6 is 0 Å². The van der Waals surface area contributed by atoms with E-state index in [4.69, 9.17) is 4.74 Å². The lowest BCUT2D eigenvalue weighted by Crippen LogP contribution is -2.04. The van der Waals surface area contributed by atoms with Gasteiger partial charge in [0.15, 0.2) is 0 Å². The van der Waals surface area contributed by atoms with Crippen molar-refractivity contribution in [1.82, 2.24) is 0 Å². The molecule has 0 amide bonds. The van der Waals surface area contributed by atoms with E-state index in [9.17, 15) is 15.0 Å². The number of hydrogen-bond donors (Lipinski definition) is 2. The van der Waals surface area contributed by atoms with Gasteiger partial charge >= 0.3 is 5.97 Å². The van der Waals surface area contributed by atoms with Gasteiger partial charge < -0.3 is 14.9 Å². The molecule has 2 rings (SSSR count). The lowest BCUT2D eigenvalue weighted by atomic mass is 10.00. The van der Waals surface area contributed by atoms with Crippen LogP contribution in [0.15, 0.2) is 42.5 Å². The average Bonchev–Trinajstić information content (AvgIpc) is 2.47. The molecule has 2 aromatic rings. The number of unbranched alkanes of at least 4 members (excludes halogenated alkanes) is 2. The third kappa shape index (κ3) is 4.01. The van der Waals surface area contributed by atoms with Gasteiger partial charge in [-0.3, -0.25) is 0 Å². The van der Waals surface area contributed by atoms with Crippen LogP contribution in [0, 0.1) is 0 Å². The molecule has 0 unspecified atom stereocenters. The lowest BCUT2D eigenvalue weighted by molar-refractivity contribution is 0.0692. The van der Waals surface area contributed by atoms with Gasteiger partial charge in [-0.25, -0.2) is 4.79 Å². The molecule has 2 N–H and O–H groups in total. The van der Waals surface area contributed by atoms with Crippen molar-refractivity contribution in [1.29, 1.82) is 0 Å². The van der Waals surface area contributed by atoms with Gasteiger partial charge in [0, 0.05) is 6.07 Å². The molecule has 0 aromatic heterocycles. The van der Waals surface area contributed by atoms with Crippen LogP contribution < -0.4 is 4.74 Å². The van der Waals surface area contributed by atoms with Gasteiger partial charge in [-0.2, -0.15) is 0 Å². The first-order chi connectivity index (χ1) is 10.6. The fourth-order valence-corrected chi connectivity index (χ4v) is 2.35. The second-order valence-electron chi connectivity index (χ2n) is 5.15. The van der Waals surface area contributed by atoms with Gasteiger partial charge in [0.1, 0.15) is 22.8 Å². The Hall–Kier alpha value is -2.49. The van der Waals surface area contributed by atoms with Crippen LogP contribution in [0.3, 0.4) is 0 Å². The summed E-state index contributed by atoms with van der Waals surface area (Å²) in [4.78, 5) is 11.3. The molecule has 0 aliphatic heterocycles. The highest BCUT2D eigenvalue weighted by Crippen LogP contribution is 2.31. The monoisotopic (exact) mass is 300 g/mol. The number of ether oxygens (including phenoxy) is 1. The Morgan fingerprint density at radius 2 is 1.82 bits per heavy atom. The van der Waals surface area contributed by atoms with Crippen LogP contribution in [0.1, 0.15) is 42.1 Å². The summed E-state index contributed by atoms with van der Waals surface area (Å²) in [6, 6.07) is 12.2. The standard InChI is InChI=1S/C18H20O4/c1-2-3-5-8-13-11-15(12-16(19)17(13)18(20)21)22-14-9-6-4-7-10-14/h4,6-7,9-12,19H,2-3,5,8H2,1H3,(H,20,21). The van der Waals surface area contributed by atoms with Crippen molar-refractivity contribution in [2.75, 3.05) is 0 Å². The van der Waals surface area contributed by atoms with Crippen LogP contribution in [-0.4, -0.2) is 16.2 Å². The fourth-order valence-electron chi connectivity index (χ4n) is 2.35. The Kier molecular flexibility index (Phi) is 5.42. The fraction of sp³-hybridized carbons (Fsp3) is 0.278. The molecule has 4 heteroatoms. The number of carboxylic acid groups (broad SMARTS) is 1. The maximum Gasteiger partial charge on any atom is 0.339 e. The smallest absolute Gasteiger partial charge is 0.339 e. The number of aromatic carboxylic acids is 1. The average molecular weight is 300 g/mol. The van der Waals surface area contributed by atoms with Crippen LogP contribution in [-0.2, 0) is 6.42 Å². The van der Waals surface area contributed by atoms with E-state index < -0.39 is 5.97 Å². The first kappa shape index (κ1) is 15.9. The highest BCUT2D eigenvalue weighted by Gasteiger charge is 2.17. The quantitative estimate of drug-likeness (QED) is 0.732. The van der Waals surface area contributed by atoms with E-state index in [-0.39, 0.29) is 11.3 Å². The van der Waals surface area contributed by atoms with E-state index in [0.717, 1.165) is 19.3 Å². The molecular weight excluding hydrogens is 280 g/mol. The second kappa shape index (κ2) is 7.50. The van der Waals surface area contributed by atoms with E-state index in [0.29, 0.717) is 23.5 Å². The van der Waals surface area contributed by atoms with Crippen molar-refractivity contribution in [2.24, 2.45) is 0 Å².